The highest BCUT2D eigenvalue weighted by atomic mass is 19.1. The molecule has 1 fully saturated rings. The van der Waals surface area contributed by atoms with E-state index < -0.39 is 0 Å². The predicted octanol–water partition coefficient (Wildman–Crippen LogP) is 5.71. The van der Waals surface area contributed by atoms with Gasteiger partial charge in [-0.15, -0.1) is 0 Å². The van der Waals surface area contributed by atoms with Crippen LogP contribution in [0.15, 0.2) is 35.0 Å². The van der Waals surface area contributed by atoms with E-state index in [4.69, 9.17) is 5.73 Å². The average molecular weight is 448 g/mol. The van der Waals surface area contributed by atoms with Gasteiger partial charge in [-0.25, -0.2) is 4.39 Å². The molecule has 0 bridgehead atoms. The molecular formula is C28H34FN3O. The second-order valence-electron chi connectivity index (χ2n) is 9.50. The number of amides is 1. The summed E-state index contributed by atoms with van der Waals surface area (Å²) in [6.07, 6.45) is 7.98. The molecule has 33 heavy (non-hydrogen) atoms. The Morgan fingerprint density at radius 1 is 1.15 bits per heavy atom. The maximum atomic E-state index is 15.1. The molecule has 1 heterocycles. The van der Waals surface area contributed by atoms with E-state index in [1.54, 1.807) is 20.2 Å². The number of rotatable bonds is 5. The standard InChI is InChI=1S/C28H34FN3O/c1-17-18(2)26-16-32(23-8-6-5-7-9-23)28(33)24(26)13-22(17)12-21-11-10-20(14-27(21)29)25(15-31-4)19(3)30/h10-11,13-15,23H,5-9,12,16,30H2,1-4H3. The molecule has 1 amide bonds. The Labute approximate surface area is 196 Å². The van der Waals surface area contributed by atoms with Crippen molar-refractivity contribution in [3.63, 3.8) is 0 Å². The number of benzene rings is 2. The van der Waals surface area contributed by atoms with E-state index in [9.17, 15) is 4.79 Å². The summed E-state index contributed by atoms with van der Waals surface area (Å²) >= 11 is 0. The first kappa shape index (κ1) is 23.2. The van der Waals surface area contributed by atoms with Gasteiger partial charge in [0, 0.05) is 49.1 Å². The number of carbonyl (C=O) groups is 1. The van der Waals surface area contributed by atoms with Crippen LogP contribution in [-0.4, -0.2) is 30.1 Å². The summed E-state index contributed by atoms with van der Waals surface area (Å²) in [7, 11) is 1.67. The van der Waals surface area contributed by atoms with Gasteiger partial charge in [0.05, 0.1) is 0 Å². The number of carbonyl (C=O) groups excluding carboxylic acids is 1. The summed E-state index contributed by atoms with van der Waals surface area (Å²) in [6.45, 7) is 6.68. The van der Waals surface area contributed by atoms with Gasteiger partial charge < -0.3 is 10.6 Å². The number of halogens is 1. The SMILES string of the molecule is CN=CC(=C(C)N)c1ccc(Cc2cc3c(c(C)c2C)CN(C2CCCCC2)C3=O)c(F)c1. The van der Waals surface area contributed by atoms with E-state index >= 15 is 4.39 Å². The summed E-state index contributed by atoms with van der Waals surface area (Å²) in [4.78, 5) is 19.4. The molecule has 0 atom stereocenters. The van der Waals surface area contributed by atoms with Crippen LogP contribution >= 0.6 is 0 Å². The number of hydrogen-bond donors (Lipinski definition) is 1. The first-order chi connectivity index (χ1) is 15.8. The highest BCUT2D eigenvalue weighted by Gasteiger charge is 2.35. The van der Waals surface area contributed by atoms with Crippen molar-refractivity contribution in [2.45, 2.75) is 71.9 Å². The quantitative estimate of drug-likeness (QED) is 0.597. The zero-order chi connectivity index (χ0) is 23.7. The number of nitrogens with two attached hydrogens (primary N) is 1. The largest absolute Gasteiger partial charge is 0.402 e. The molecule has 0 spiro atoms. The van der Waals surface area contributed by atoms with Crippen molar-refractivity contribution in [2.75, 3.05) is 7.05 Å². The fourth-order valence-electron chi connectivity index (χ4n) is 5.30. The Morgan fingerprint density at radius 3 is 2.52 bits per heavy atom. The number of allylic oxidation sites excluding steroid dienone is 2. The molecule has 2 N–H and O–H groups in total. The van der Waals surface area contributed by atoms with Gasteiger partial charge in [-0.3, -0.25) is 9.79 Å². The molecule has 4 rings (SSSR count). The van der Waals surface area contributed by atoms with Gasteiger partial charge in [0.2, 0.25) is 0 Å². The van der Waals surface area contributed by atoms with Crippen molar-refractivity contribution in [3.05, 3.63) is 74.7 Å². The van der Waals surface area contributed by atoms with Gasteiger partial charge in [0.25, 0.3) is 5.91 Å². The average Bonchev–Trinajstić information content (AvgIpc) is 3.13. The lowest BCUT2D eigenvalue weighted by atomic mass is 9.90. The molecule has 2 aromatic rings. The monoisotopic (exact) mass is 447 g/mol. The summed E-state index contributed by atoms with van der Waals surface area (Å²) in [5.74, 6) is -0.132. The summed E-state index contributed by atoms with van der Waals surface area (Å²) in [5.41, 5.74) is 13.9. The molecule has 174 valence electrons. The number of fused-ring (bicyclic) bond motifs is 1. The predicted molar refractivity (Wildman–Crippen MR) is 133 cm³/mol. The highest BCUT2D eigenvalue weighted by Crippen LogP contribution is 2.35. The molecule has 1 aliphatic carbocycles. The molecule has 0 saturated heterocycles. The van der Waals surface area contributed by atoms with Gasteiger partial charge >= 0.3 is 0 Å². The minimum Gasteiger partial charge on any atom is -0.402 e. The fourth-order valence-corrected chi connectivity index (χ4v) is 5.30. The van der Waals surface area contributed by atoms with Crippen molar-refractivity contribution in [3.8, 4) is 0 Å². The fraction of sp³-hybridized carbons (Fsp3) is 0.429. The third kappa shape index (κ3) is 4.46. The van der Waals surface area contributed by atoms with E-state index in [-0.39, 0.29) is 11.7 Å². The van der Waals surface area contributed by atoms with Crippen LogP contribution < -0.4 is 5.73 Å². The highest BCUT2D eigenvalue weighted by molar-refractivity contribution is 6.10. The second-order valence-corrected chi connectivity index (χ2v) is 9.50. The summed E-state index contributed by atoms with van der Waals surface area (Å²) < 4.78 is 15.1. The van der Waals surface area contributed by atoms with Crippen LogP contribution in [0.1, 0.15) is 82.8 Å². The Balaban J connectivity index is 1.63. The Kier molecular flexibility index (Phi) is 6.68. The van der Waals surface area contributed by atoms with E-state index in [0.29, 0.717) is 35.8 Å². The normalized spacial score (nSPS) is 17.6. The molecule has 0 radical (unpaired) electrons. The smallest absolute Gasteiger partial charge is 0.254 e. The Bertz CT molecular complexity index is 1140. The number of aliphatic imine (C=N–C) groups is 1. The summed E-state index contributed by atoms with van der Waals surface area (Å²) in [6, 6.07) is 7.59. The molecule has 0 unspecified atom stereocenters. The molecule has 1 saturated carbocycles. The number of hydrogen-bond acceptors (Lipinski definition) is 3. The third-order valence-corrected chi connectivity index (χ3v) is 7.40. The van der Waals surface area contributed by atoms with Crippen LogP contribution in [0.2, 0.25) is 0 Å². The van der Waals surface area contributed by atoms with Crippen molar-refractivity contribution < 1.29 is 9.18 Å². The summed E-state index contributed by atoms with van der Waals surface area (Å²) in [5, 5.41) is 0. The minimum atomic E-state index is -0.275. The maximum Gasteiger partial charge on any atom is 0.254 e. The van der Waals surface area contributed by atoms with Crippen LogP contribution in [-0.2, 0) is 13.0 Å². The number of nitrogens with zero attached hydrogens (tertiary/aromatic N) is 2. The lowest BCUT2D eigenvalue weighted by molar-refractivity contribution is 0.0660. The van der Waals surface area contributed by atoms with Crippen LogP contribution in [0.25, 0.3) is 5.57 Å². The molecule has 5 heteroatoms. The lowest BCUT2D eigenvalue weighted by Crippen LogP contribution is -2.36. The molecule has 2 aliphatic rings. The molecule has 4 nitrogen and oxygen atoms in total. The van der Waals surface area contributed by atoms with Gasteiger partial charge in [0.1, 0.15) is 5.82 Å². The van der Waals surface area contributed by atoms with Crippen LogP contribution in [0.4, 0.5) is 4.39 Å². The minimum absolute atomic E-state index is 0.143. The van der Waals surface area contributed by atoms with Crippen LogP contribution in [0.5, 0.6) is 0 Å². The first-order valence-electron chi connectivity index (χ1n) is 11.9. The van der Waals surface area contributed by atoms with Gasteiger partial charge in [0.15, 0.2) is 0 Å². The third-order valence-electron chi connectivity index (χ3n) is 7.40. The van der Waals surface area contributed by atoms with E-state index in [1.165, 1.54) is 25.3 Å². The molecule has 0 aromatic heterocycles. The van der Waals surface area contributed by atoms with Gasteiger partial charge in [-0.1, -0.05) is 31.4 Å². The van der Waals surface area contributed by atoms with Crippen LogP contribution in [0, 0.1) is 19.7 Å². The van der Waals surface area contributed by atoms with E-state index in [2.05, 4.69) is 23.7 Å². The zero-order valence-corrected chi connectivity index (χ0v) is 20.2. The maximum absolute atomic E-state index is 15.1. The molecular weight excluding hydrogens is 413 g/mol. The lowest BCUT2D eigenvalue weighted by Gasteiger charge is -2.30. The Hall–Kier alpha value is -2.95. The topological polar surface area (TPSA) is 58.7 Å². The second kappa shape index (κ2) is 9.50. The van der Waals surface area contributed by atoms with E-state index in [1.807, 2.05) is 18.2 Å². The van der Waals surface area contributed by atoms with Crippen molar-refractivity contribution in [2.24, 2.45) is 10.7 Å². The first-order valence-corrected chi connectivity index (χ1v) is 11.9. The zero-order valence-electron chi connectivity index (χ0n) is 20.2. The van der Waals surface area contributed by atoms with Crippen LogP contribution in [0.3, 0.4) is 0 Å². The van der Waals surface area contributed by atoms with Crippen molar-refractivity contribution in [1.29, 1.82) is 0 Å². The van der Waals surface area contributed by atoms with E-state index in [0.717, 1.165) is 46.2 Å². The van der Waals surface area contributed by atoms with Crippen molar-refractivity contribution >= 4 is 17.7 Å². The Morgan fingerprint density at radius 2 is 1.88 bits per heavy atom. The molecule has 1 aliphatic heterocycles. The van der Waals surface area contributed by atoms with Crippen molar-refractivity contribution in [1.82, 2.24) is 4.90 Å². The molecule has 2 aromatic carbocycles. The van der Waals surface area contributed by atoms with Gasteiger partial charge in [-0.2, -0.15) is 0 Å². The van der Waals surface area contributed by atoms with Gasteiger partial charge in [-0.05, 0) is 79.1 Å².